The fraction of sp³-hybridized carbons (Fsp3) is 0.385. The minimum Gasteiger partial charge on any atom is -0.369 e. The zero-order valence-electron chi connectivity index (χ0n) is 10.7. The summed E-state index contributed by atoms with van der Waals surface area (Å²) in [6.45, 7) is 7.20. The van der Waals surface area contributed by atoms with Gasteiger partial charge in [0.05, 0.1) is 0 Å². The molecule has 5 heteroatoms. The van der Waals surface area contributed by atoms with Crippen LogP contribution in [0.4, 0.5) is 5.82 Å². The molecule has 2 rings (SSSR count). The number of hydrogen-bond donors (Lipinski definition) is 1. The Kier molecular flexibility index (Phi) is 3.88. The highest BCUT2D eigenvalue weighted by molar-refractivity contribution is 7.10. The summed E-state index contributed by atoms with van der Waals surface area (Å²) in [4.78, 5) is 9.51. The van der Waals surface area contributed by atoms with Crippen LogP contribution in [0.3, 0.4) is 0 Å². The number of nitrogens with one attached hydrogen (secondary N) is 1. The van der Waals surface area contributed by atoms with E-state index < -0.39 is 0 Å². The summed E-state index contributed by atoms with van der Waals surface area (Å²) in [5.41, 5.74) is 1.07. The Morgan fingerprint density at radius 1 is 1.44 bits per heavy atom. The molecule has 0 saturated heterocycles. The Morgan fingerprint density at radius 3 is 2.89 bits per heavy atom. The number of aromatic nitrogens is 2. The zero-order chi connectivity index (χ0) is 13.2. The molecule has 2 heterocycles. The SMILES string of the molecule is Cc1cnc(Cl)nc1NCC(C)(C)c1cccs1. The Labute approximate surface area is 116 Å². The average Bonchev–Trinajstić information content (AvgIpc) is 2.85. The van der Waals surface area contributed by atoms with Gasteiger partial charge in [-0.3, -0.25) is 0 Å². The van der Waals surface area contributed by atoms with Crippen LogP contribution in [0.5, 0.6) is 0 Å². The normalized spacial score (nSPS) is 11.6. The number of hydrogen-bond acceptors (Lipinski definition) is 4. The number of thiophene rings is 1. The first-order valence-corrected chi connectivity index (χ1v) is 7.02. The van der Waals surface area contributed by atoms with E-state index in [0.717, 1.165) is 17.9 Å². The largest absolute Gasteiger partial charge is 0.369 e. The molecule has 0 saturated carbocycles. The summed E-state index contributed by atoms with van der Waals surface area (Å²) in [5.74, 6) is 0.805. The number of nitrogens with zero attached hydrogens (tertiary/aromatic N) is 2. The maximum atomic E-state index is 5.81. The van der Waals surface area contributed by atoms with E-state index in [9.17, 15) is 0 Å². The van der Waals surface area contributed by atoms with Crippen molar-refractivity contribution < 1.29 is 0 Å². The van der Waals surface area contributed by atoms with Crippen molar-refractivity contribution in [3.63, 3.8) is 0 Å². The molecule has 0 aliphatic heterocycles. The maximum Gasteiger partial charge on any atom is 0.224 e. The molecule has 18 heavy (non-hydrogen) atoms. The minimum absolute atomic E-state index is 0.0675. The van der Waals surface area contributed by atoms with E-state index >= 15 is 0 Å². The number of aryl methyl sites for hydroxylation is 1. The van der Waals surface area contributed by atoms with E-state index in [1.54, 1.807) is 17.5 Å². The van der Waals surface area contributed by atoms with Gasteiger partial charge in [0.15, 0.2) is 0 Å². The van der Waals surface area contributed by atoms with Crippen LogP contribution in [0.25, 0.3) is 0 Å². The molecule has 0 amide bonds. The highest BCUT2D eigenvalue weighted by Crippen LogP contribution is 2.28. The second kappa shape index (κ2) is 5.24. The van der Waals surface area contributed by atoms with Crippen LogP contribution in [0.1, 0.15) is 24.3 Å². The Hall–Kier alpha value is -1.13. The van der Waals surface area contributed by atoms with Gasteiger partial charge in [0.1, 0.15) is 5.82 Å². The first-order valence-electron chi connectivity index (χ1n) is 5.76. The molecule has 2 aromatic rings. The van der Waals surface area contributed by atoms with Gasteiger partial charge in [-0.05, 0) is 30.0 Å². The zero-order valence-corrected chi connectivity index (χ0v) is 12.3. The van der Waals surface area contributed by atoms with Crippen molar-refractivity contribution in [2.45, 2.75) is 26.2 Å². The summed E-state index contributed by atoms with van der Waals surface area (Å²) in [5, 5.41) is 5.73. The summed E-state index contributed by atoms with van der Waals surface area (Å²) < 4.78 is 0. The molecule has 0 radical (unpaired) electrons. The van der Waals surface area contributed by atoms with Crippen molar-refractivity contribution in [1.29, 1.82) is 0 Å². The van der Waals surface area contributed by atoms with Gasteiger partial charge in [-0.15, -0.1) is 11.3 Å². The van der Waals surface area contributed by atoms with E-state index in [-0.39, 0.29) is 10.7 Å². The van der Waals surface area contributed by atoms with Crippen molar-refractivity contribution >= 4 is 28.8 Å². The number of rotatable bonds is 4. The van der Waals surface area contributed by atoms with Gasteiger partial charge in [0.25, 0.3) is 0 Å². The summed E-state index contributed by atoms with van der Waals surface area (Å²) >= 11 is 7.58. The van der Waals surface area contributed by atoms with Gasteiger partial charge in [-0.25, -0.2) is 9.97 Å². The molecule has 0 spiro atoms. The van der Waals surface area contributed by atoms with Crippen molar-refractivity contribution in [2.24, 2.45) is 0 Å². The molecule has 0 bridgehead atoms. The molecule has 1 N–H and O–H groups in total. The van der Waals surface area contributed by atoms with Crippen LogP contribution < -0.4 is 5.32 Å². The lowest BCUT2D eigenvalue weighted by Gasteiger charge is -2.24. The lowest BCUT2D eigenvalue weighted by atomic mass is 9.91. The third-order valence-corrected chi connectivity index (χ3v) is 4.25. The Balaban J connectivity index is 2.09. The molecule has 0 aliphatic carbocycles. The minimum atomic E-state index is 0.0675. The van der Waals surface area contributed by atoms with Gasteiger partial charge in [0, 0.05) is 28.6 Å². The average molecular weight is 282 g/mol. The highest BCUT2D eigenvalue weighted by Gasteiger charge is 2.21. The monoisotopic (exact) mass is 281 g/mol. The van der Waals surface area contributed by atoms with Crippen LogP contribution in [0.15, 0.2) is 23.7 Å². The Morgan fingerprint density at radius 2 is 2.22 bits per heavy atom. The molecule has 2 aromatic heterocycles. The second-order valence-electron chi connectivity index (χ2n) is 4.89. The molecule has 0 atom stereocenters. The quantitative estimate of drug-likeness (QED) is 0.864. The summed E-state index contributed by atoms with van der Waals surface area (Å²) in [7, 11) is 0. The summed E-state index contributed by atoms with van der Waals surface area (Å²) in [6.07, 6.45) is 1.73. The van der Waals surface area contributed by atoms with Gasteiger partial charge in [0.2, 0.25) is 5.28 Å². The Bertz CT molecular complexity index is 523. The highest BCUT2D eigenvalue weighted by atomic mass is 35.5. The van der Waals surface area contributed by atoms with E-state index in [0.29, 0.717) is 0 Å². The van der Waals surface area contributed by atoms with Crippen molar-refractivity contribution in [2.75, 3.05) is 11.9 Å². The maximum absolute atomic E-state index is 5.81. The lowest BCUT2D eigenvalue weighted by Crippen LogP contribution is -2.27. The number of halogens is 1. The molecular formula is C13H16ClN3S. The molecule has 0 aromatic carbocycles. The molecule has 96 valence electrons. The van der Waals surface area contributed by atoms with Gasteiger partial charge in [-0.1, -0.05) is 19.9 Å². The smallest absolute Gasteiger partial charge is 0.224 e. The topological polar surface area (TPSA) is 37.8 Å². The predicted octanol–water partition coefficient (Wildman–Crippen LogP) is 3.89. The van der Waals surface area contributed by atoms with Crippen LogP contribution >= 0.6 is 22.9 Å². The van der Waals surface area contributed by atoms with Gasteiger partial charge < -0.3 is 5.32 Å². The second-order valence-corrected chi connectivity index (χ2v) is 6.17. The fourth-order valence-corrected chi connectivity index (χ4v) is 2.64. The first-order chi connectivity index (χ1) is 8.49. The van der Waals surface area contributed by atoms with E-state index in [1.165, 1.54) is 4.88 Å². The van der Waals surface area contributed by atoms with Crippen LogP contribution in [-0.4, -0.2) is 16.5 Å². The van der Waals surface area contributed by atoms with E-state index in [2.05, 4.69) is 46.6 Å². The molecule has 0 fully saturated rings. The van der Waals surface area contributed by atoms with Gasteiger partial charge in [-0.2, -0.15) is 0 Å². The van der Waals surface area contributed by atoms with E-state index in [4.69, 9.17) is 11.6 Å². The van der Waals surface area contributed by atoms with Crippen molar-refractivity contribution in [3.05, 3.63) is 39.4 Å². The van der Waals surface area contributed by atoms with Crippen molar-refractivity contribution in [3.8, 4) is 0 Å². The van der Waals surface area contributed by atoms with Crippen molar-refractivity contribution in [1.82, 2.24) is 9.97 Å². The standard InChI is InChI=1S/C13H16ClN3S/c1-9-7-15-12(14)17-11(9)16-8-13(2,3)10-5-4-6-18-10/h4-7H,8H2,1-3H3,(H,15,16,17). The van der Waals surface area contributed by atoms with Crippen LogP contribution in [-0.2, 0) is 5.41 Å². The molecule has 3 nitrogen and oxygen atoms in total. The van der Waals surface area contributed by atoms with Crippen LogP contribution in [0, 0.1) is 6.92 Å². The van der Waals surface area contributed by atoms with Crippen LogP contribution in [0.2, 0.25) is 5.28 Å². The molecule has 0 unspecified atom stereocenters. The first kappa shape index (κ1) is 13.3. The third kappa shape index (κ3) is 3.00. The predicted molar refractivity (Wildman–Crippen MR) is 77.6 cm³/mol. The fourth-order valence-electron chi connectivity index (χ4n) is 1.65. The van der Waals surface area contributed by atoms with Gasteiger partial charge >= 0.3 is 0 Å². The molecular weight excluding hydrogens is 266 g/mol. The van der Waals surface area contributed by atoms with E-state index in [1.807, 2.05) is 6.92 Å². The summed E-state index contributed by atoms with van der Waals surface area (Å²) in [6, 6.07) is 4.24. The number of anilines is 1. The lowest BCUT2D eigenvalue weighted by molar-refractivity contribution is 0.568. The molecule has 0 aliphatic rings. The third-order valence-electron chi connectivity index (χ3n) is 2.83.